The first-order valence-corrected chi connectivity index (χ1v) is 7.34. The molecule has 1 unspecified atom stereocenters. The van der Waals surface area contributed by atoms with Gasteiger partial charge in [0, 0.05) is 17.0 Å². The molecule has 0 saturated carbocycles. The van der Waals surface area contributed by atoms with Crippen molar-refractivity contribution in [3.8, 4) is 0 Å². The largest absolute Gasteiger partial charge is 0.464 e. The molecule has 21 heavy (non-hydrogen) atoms. The van der Waals surface area contributed by atoms with E-state index in [4.69, 9.17) is 10.3 Å². The van der Waals surface area contributed by atoms with Crippen LogP contribution in [0, 0.1) is 0 Å². The molecule has 0 fully saturated rings. The minimum absolute atomic E-state index is 0.123. The molecule has 1 aromatic heterocycles. The highest BCUT2D eigenvalue weighted by Gasteiger charge is 2.15. The monoisotopic (exact) mass is 280 g/mol. The number of hydrazine groups is 1. The molecule has 0 amide bonds. The van der Waals surface area contributed by atoms with E-state index >= 15 is 0 Å². The molecule has 0 radical (unpaired) electrons. The van der Waals surface area contributed by atoms with Crippen LogP contribution in [0.4, 0.5) is 0 Å². The molecular weight excluding hydrogens is 260 g/mol. The molecule has 0 bridgehead atoms. The summed E-state index contributed by atoms with van der Waals surface area (Å²) in [6, 6.07) is 18.7. The Labute approximate surface area is 124 Å². The Morgan fingerprint density at radius 1 is 1.00 bits per heavy atom. The number of para-hydroxylation sites is 1. The summed E-state index contributed by atoms with van der Waals surface area (Å²) in [5.74, 6) is 5.74. The Bertz CT molecular complexity index is 691. The molecular formula is C18H20N2O. The lowest BCUT2D eigenvalue weighted by molar-refractivity contribution is 0.492. The van der Waals surface area contributed by atoms with Gasteiger partial charge in [0.2, 0.25) is 0 Å². The molecule has 0 spiro atoms. The predicted octanol–water partition coefficient (Wildman–Crippen LogP) is 3.96. The molecule has 1 atom stereocenters. The summed E-state index contributed by atoms with van der Waals surface area (Å²) in [5, 5.41) is 1.14. The Morgan fingerprint density at radius 3 is 2.57 bits per heavy atom. The zero-order chi connectivity index (χ0) is 14.5. The van der Waals surface area contributed by atoms with Gasteiger partial charge in [-0.25, -0.2) is 0 Å². The highest BCUT2D eigenvalue weighted by atomic mass is 16.3. The van der Waals surface area contributed by atoms with Gasteiger partial charge >= 0.3 is 0 Å². The van der Waals surface area contributed by atoms with E-state index in [9.17, 15) is 0 Å². The molecule has 3 aromatic rings. The average Bonchev–Trinajstić information content (AvgIpc) is 2.97. The highest BCUT2D eigenvalue weighted by Crippen LogP contribution is 2.28. The molecule has 3 N–H and O–H groups in total. The summed E-state index contributed by atoms with van der Waals surface area (Å²) in [5.41, 5.74) is 6.34. The van der Waals surface area contributed by atoms with E-state index in [0.29, 0.717) is 0 Å². The van der Waals surface area contributed by atoms with Crippen LogP contribution in [-0.2, 0) is 6.42 Å². The van der Waals surface area contributed by atoms with Crippen molar-refractivity contribution in [1.82, 2.24) is 5.43 Å². The van der Waals surface area contributed by atoms with Crippen LogP contribution in [0.15, 0.2) is 65.3 Å². The molecule has 0 aliphatic rings. The van der Waals surface area contributed by atoms with Crippen LogP contribution in [0.2, 0.25) is 0 Å². The quantitative estimate of drug-likeness (QED) is 0.531. The minimum Gasteiger partial charge on any atom is -0.464 e. The van der Waals surface area contributed by atoms with Crippen LogP contribution in [0.5, 0.6) is 0 Å². The van der Waals surface area contributed by atoms with Gasteiger partial charge in [0.1, 0.15) is 5.58 Å². The number of hydrogen-bond acceptors (Lipinski definition) is 3. The second-order valence-electron chi connectivity index (χ2n) is 5.28. The summed E-state index contributed by atoms with van der Waals surface area (Å²) in [6.45, 7) is 0. The second-order valence-corrected chi connectivity index (χ2v) is 5.28. The molecule has 108 valence electrons. The lowest BCUT2D eigenvalue weighted by Crippen LogP contribution is -2.27. The number of benzene rings is 2. The SMILES string of the molecule is NNC(CCCc1ccccc1)c1coc2ccccc12. The Hall–Kier alpha value is -2.10. The lowest BCUT2D eigenvalue weighted by atomic mass is 9.99. The van der Waals surface area contributed by atoms with E-state index in [0.717, 1.165) is 35.8 Å². The van der Waals surface area contributed by atoms with Crippen LogP contribution in [-0.4, -0.2) is 0 Å². The topological polar surface area (TPSA) is 51.2 Å². The van der Waals surface area contributed by atoms with Crippen molar-refractivity contribution >= 4 is 11.0 Å². The summed E-state index contributed by atoms with van der Waals surface area (Å²) in [7, 11) is 0. The van der Waals surface area contributed by atoms with Crippen LogP contribution >= 0.6 is 0 Å². The van der Waals surface area contributed by atoms with Crippen LogP contribution in [0.25, 0.3) is 11.0 Å². The number of rotatable bonds is 6. The number of aryl methyl sites for hydroxylation is 1. The van der Waals surface area contributed by atoms with E-state index in [1.807, 2.05) is 30.5 Å². The second kappa shape index (κ2) is 6.57. The fourth-order valence-electron chi connectivity index (χ4n) is 2.75. The van der Waals surface area contributed by atoms with E-state index in [-0.39, 0.29) is 6.04 Å². The van der Waals surface area contributed by atoms with Crippen LogP contribution in [0.3, 0.4) is 0 Å². The Kier molecular flexibility index (Phi) is 4.34. The third kappa shape index (κ3) is 3.15. The first kappa shape index (κ1) is 13.9. The van der Waals surface area contributed by atoms with Crippen molar-refractivity contribution in [2.75, 3.05) is 0 Å². The first-order chi connectivity index (χ1) is 10.4. The maximum atomic E-state index is 5.74. The van der Waals surface area contributed by atoms with E-state index < -0.39 is 0 Å². The summed E-state index contributed by atoms with van der Waals surface area (Å²) in [4.78, 5) is 0. The number of nitrogens with two attached hydrogens (primary N) is 1. The molecule has 3 rings (SSSR count). The van der Waals surface area contributed by atoms with Crippen LogP contribution < -0.4 is 11.3 Å². The van der Waals surface area contributed by atoms with Crippen molar-refractivity contribution in [2.45, 2.75) is 25.3 Å². The van der Waals surface area contributed by atoms with E-state index in [1.165, 1.54) is 5.56 Å². The average molecular weight is 280 g/mol. The van der Waals surface area contributed by atoms with Gasteiger partial charge in [-0.1, -0.05) is 48.5 Å². The summed E-state index contributed by atoms with van der Waals surface area (Å²) >= 11 is 0. The minimum atomic E-state index is 0.123. The van der Waals surface area contributed by atoms with Gasteiger partial charge in [0.25, 0.3) is 0 Å². The highest BCUT2D eigenvalue weighted by molar-refractivity contribution is 5.81. The van der Waals surface area contributed by atoms with Gasteiger partial charge in [-0.05, 0) is 30.9 Å². The maximum Gasteiger partial charge on any atom is 0.134 e. The zero-order valence-corrected chi connectivity index (χ0v) is 12.0. The summed E-state index contributed by atoms with van der Waals surface area (Å²) < 4.78 is 5.60. The molecule has 3 heteroatoms. The Morgan fingerprint density at radius 2 is 1.76 bits per heavy atom. The number of hydrogen-bond donors (Lipinski definition) is 2. The lowest BCUT2D eigenvalue weighted by Gasteiger charge is -2.14. The molecule has 0 aliphatic carbocycles. The smallest absolute Gasteiger partial charge is 0.134 e. The predicted molar refractivity (Wildman–Crippen MR) is 85.7 cm³/mol. The number of furan rings is 1. The van der Waals surface area contributed by atoms with Gasteiger partial charge in [-0.3, -0.25) is 11.3 Å². The Balaban J connectivity index is 1.68. The van der Waals surface area contributed by atoms with Gasteiger partial charge < -0.3 is 4.42 Å². The maximum absolute atomic E-state index is 5.74. The molecule has 1 heterocycles. The van der Waals surface area contributed by atoms with Gasteiger partial charge in [0.15, 0.2) is 0 Å². The van der Waals surface area contributed by atoms with Gasteiger partial charge in [0.05, 0.1) is 6.26 Å². The first-order valence-electron chi connectivity index (χ1n) is 7.34. The molecule has 3 nitrogen and oxygen atoms in total. The fourth-order valence-corrected chi connectivity index (χ4v) is 2.75. The molecule has 0 aliphatic heterocycles. The molecule has 0 saturated heterocycles. The fraction of sp³-hybridized carbons (Fsp3) is 0.222. The third-order valence-corrected chi connectivity index (χ3v) is 3.89. The van der Waals surface area contributed by atoms with Gasteiger partial charge in [-0.2, -0.15) is 0 Å². The number of nitrogens with one attached hydrogen (secondary N) is 1. The van der Waals surface area contributed by atoms with Crippen molar-refractivity contribution < 1.29 is 4.42 Å². The zero-order valence-electron chi connectivity index (χ0n) is 12.0. The van der Waals surface area contributed by atoms with Crippen molar-refractivity contribution in [2.24, 2.45) is 5.84 Å². The van der Waals surface area contributed by atoms with E-state index in [1.54, 1.807) is 0 Å². The van der Waals surface area contributed by atoms with Crippen molar-refractivity contribution in [3.05, 3.63) is 72.0 Å². The van der Waals surface area contributed by atoms with Gasteiger partial charge in [-0.15, -0.1) is 0 Å². The third-order valence-electron chi connectivity index (χ3n) is 3.89. The van der Waals surface area contributed by atoms with Crippen molar-refractivity contribution in [1.29, 1.82) is 0 Å². The van der Waals surface area contributed by atoms with Crippen LogP contribution in [0.1, 0.15) is 30.0 Å². The van der Waals surface area contributed by atoms with E-state index in [2.05, 4.69) is 35.8 Å². The molecule has 2 aromatic carbocycles. The standard InChI is InChI=1S/C18H20N2O/c19-20-17(11-6-9-14-7-2-1-3-8-14)16-13-21-18-12-5-4-10-15(16)18/h1-5,7-8,10,12-13,17,20H,6,9,11,19H2. The number of fused-ring (bicyclic) bond motifs is 1. The van der Waals surface area contributed by atoms with Crippen molar-refractivity contribution in [3.63, 3.8) is 0 Å². The normalized spacial score (nSPS) is 12.6. The summed E-state index contributed by atoms with van der Waals surface area (Å²) in [6.07, 6.45) is 4.94.